The van der Waals surface area contributed by atoms with Crippen LogP contribution in [-0.2, 0) is 27.3 Å². The molecule has 1 fully saturated rings. The van der Waals surface area contributed by atoms with E-state index in [1.807, 2.05) is 24.3 Å². The Hall–Kier alpha value is -2.83. The van der Waals surface area contributed by atoms with Crippen molar-refractivity contribution in [1.29, 1.82) is 0 Å². The minimum absolute atomic E-state index is 0.285. The summed E-state index contributed by atoms with van der Waals surface area (Å²) in [6.07, 6.45) is 0.0457. The fourth-order valence-electron chi connectivity index (χ4n) is 3.52. The number of hydrogen-bond donors (Lipinski definition) is 3. The van der Waals surface area contributed by atoms with Crippen LogP contribution >= 0.6 is 0 Å². The molecule has 4 rings (SSSR count). The molecule has 2 aliphatic heterocycles. The second kappa shape index (κ2) is 4.84. The first-order chi connectivity index (χ1) is 11.0. The molecule has 1 aromatic heterocycles. The SMILES string of the molecule is O=C(O)C[C@@H]1NC(=O)[C@@H]2Cc3c([nH]c4ccccc34)CN2C1=O. The molecule has 3 N–H and O–H groups in total. The van der Waals surface area contributed by atoms with Crippen LogP contribution in [0.15, 0.2) is 24.3 Å². The topological polar surface area (TPSA) is 102 Å². The molecule has 0 radical (unpaired) electrons. The zero-order valence-electron chi connectivity index (χ0n) is 12.2. The van der Waals surface area contributed by atoms with Gasteiger partial charge in [-0.05, 0) is 11.6 Å². The number of piperazine rings is 1. The van der Waals surface area contributed by atoms with Crippen LogP contribution < -0.4 is 5.32 Å². The number of hydrogen-bond acceptors (Lipinski definition) is 3. The van der Waals surface area contributed by atoms with Crippen LogP contribution in [-0.4, -0.2) is 44.9 Å². The van der Waals surface area contributed by atoms with Crippen LogP contribution in [0.5, 0.6) is 0 Å². The lowest BCUT2D eigenvalue weighted by Gasteiger charge is -2.41. The predicted octanol–water partition coefficient (Wildman–Crippen LogP) is 0.394. The quantitative estimate of drug-likeness (QED) is 0.746. The van der Waals surface area contributed by atoms with E-state index in [0.29, 0.717) is 13.0 Å². The summed E-state index contributed by atoms with van der Waals surface area (Å²) in [6, 6.07) is 6.27. The molecule has 0 aliphatic carbocycles. The van der Waals surface area contributed by atoms with Crippen molar-refractivity contribution in [3.63, 3.8) is 0 Å². The van der Waals surface area contributed by atoms with Gasteiger partial charge < -0.3 is 20.3 Å². The number of fused-ring (bicyclic) bond motifs is 4. The molecule has 2 aromatic rings. The maximum Gasteiger partial charge on any atom is 0.305 e. The van der Waals surface area contributed by atoms with Crippen LogP contribution in [0.4, 0.5) is 0 Å². The number of nitrogens with zero attached hydrogens (tertiary/aromatic N) is 1. The van der Waals surface area contributed by atoms with Crippen LogP contribution in [0.25, 0.3) is 10.9 Å². The number of carboxylic acid groups (broad SMARTS) is 1. The summed E-state index contributed by atoms with van der Waals surface area (Å²) >= 11 is 0. The van der Waals surface area contributed by atoms with Crippen molar-refractivity contribution in [1.82, 2.24) is 15.2 Å². The van der Waals surface area contributed by atoms with Gasteiger partial charge in [-0.25, -0.2) is 0 Å². The summed E-state index contributed by atoms with van der Waals surface area (Å²) in [5, 5.41) is 12.5. The highest BCUT2D eigenvalue weighted by atomic mass is 16.4. The average Bonchev–Trinajstić information content (AvgIpc) is 2.88. The van der Waals surface area contributed by atoms with Crippen molar-refractivity contribution < 1.29 is 19.5 Å². The lowest BCUT2D eigenvalue weighted by atomic mass is 9.92. The summed E-state index contributed by atoms with van der Waals surface area (Å²) in [7, 11) is 0. The van der Waals surface area contributed by atoms with Crippen molar-refractivity contribution in [2.45, 2.75) is 31.5 Å². The third-order valence-electron chi connectivity index (χ3n) is 4.58. The maximum absolute atomic E-state index is 12.5. The molecule has 7 heteroatoms. The van der Waals surface area contributed by atoms with Crippen molar-refractivity contribution in [3.05, 3.63) is 35.5 Å². The monoisotopic (exact) mass is 313 g/mol. The molecule has 0 bridgehead atoms. The molecular formula is C16H15N3O4. The van der Waals surface area contributed by atoms with Crippen LogP contribution in [0.2, 0.25) is 0 Å². The number of nitrogens with one attached hydrogen (secondary N) is 2. The number of para-hydroxylation sites is 1. The first-order valence-corrected chi connectivity index (χ1v) is 7.45. The van der Waals surface area contributed by atoms with Crippen molar-refractivity contribution in [3.8, 4) is 0 Å². The van der Waals surface area contributed by atoms with Gasteiger partial charge in [0, 0.05) is 23.0 Å². The van der Waals surface area contributed by atoms with Gasteiger partial charge in [-0.2, -0.15) is 0 Å². The number of aromatic amines is 1. The summed E-state index contributed by atoms with van der Waals surface area (Å²) in [4.78, 5) is 40.5. The number of carboxylic acids is 1. The van der Waals surface area contributed by atoms with Gasteiger partial charge in [0.05, 0.1) is 13.0 Å². The summed E-state index contributed by atoms with van der Waals surface area (Å²) in [6.45, 7) is 0.303. The third-order valence-corrected chi connectivity index (χ3v) is 4.58. The van der Waals surface area contributed by atoms with E-state index < -0.39 is 24.5 Å². The van der Waals surface area contributed by atoms with E-state index >= 15 is 0 Å². The van der Waals surface area contributed by atoms with Crippen molar-refractivity contribution >= 4 is 28.7 Å². The maximum atomic E-state index is 12.5. The zero-order valence-corrected chi connectivity index (χ0v) is 12.2. The van der Waals surface area contributed by atoms with Gasteiger partial charge in [-0.3, -0.25) is 14.4 Å². The Bertz CT molecular complexity index is 841. The van der Waals surface area contributed by atoms with Crippen molar-refractivity contribution in [2.24, 2.45) is 0 Å². The Morgan fingerprint density at radius 2 is 2.09 bits per heavy atom. The number of carbonyl (C=O) groups is 3. The molecule has 1 aromatic carbocycles. The van der Waals surface area contributed by atoms with Crippen LogP contribution in [0.3, 0.4) is 0 Å². The molecule has 2 atom stereocenters. The standard InChI is InChI=1S/C16H15N3O4/c20-14(21)6-11-16(23)19-7-12-9(5-13(19)15(22)18-11)8-3-1-2-4-10(8)17-12/h1-4,11,13,17H,5-7H2,(H,18,22)(H,20,21)/t11-,13-/m0/s1. The second-order valence-electron chi connectivity index (χ2n) is 5.97. The van der Waals surface area contributed by atoms with Gasteiger partial charge in [0.2, 0.25) is 11.8 Å². The summed E-state index contributed by atoms with van der Waals surface area (Å²) in [5.41, 5.74) is 2.95. The normalized spacial score (nSPS) is 23.4. The lowest BCUT2D eigenvalue weighted by Crippen LogP contribution is -2.65. The van der Waals surface area contributed by atoms with E-state index in [2.05, 4.69) is 10.3 Å². The molecule has 23 heavy (non-hydrogen) atoms. The van der Waals surface area contributed by atoms with Gasteiger partial charge in [0.15, 0.2) is 0 Å². The second-order valence-corrected chi connectivity index (χ2v) is 5.97. The largest absolute Gasteiger partial charge is 0.481 e. The minimum atomic E-state index is -1.11. The number of rotatable bonds is 2. The molecular weight excluding hydrogens is 298 g/mol. The highest BCUT2D eigenvalue weighted by molar-refractivity contribution is 5.99. The lowest BCUT2D eigenvalue weighted by molar-refractivity contribution is -0.153. The Morgan fingerprint density at radius 1 is 1.30 bits per heavy atom. The predicted molar refractivity (Wildman–Crippen MR) is 80.5 cm³/mol. The highest BCUT2D eigenvalue weighted by Crippen LogP contribution is 2.32. The Kier molecular flexibility index (Phi) is 2.90. The molecule has 2 amide bonds. The molecule has 1 saturated heterocycles. The Labute approximate surface area is 131 Å². The van der Waals surface area contributed by atoms with E-state index in [1.165, 1.54) is 4.90 Å². The Morgan fingerprint density at radius 3 is 2.87 bits per heavy atom. The van der Waals surface area contributed by atoms with Gasteiger partial charge >= 0.3 is 5.97 Å². The van der Waals surface area contributed by atoms with Gasteiger partial charge in [0.1, 0.15) is 12.1 Å². The van der Waals surface area contributed by atoms with Gasteiger partial charge in [0.25, 0.3) is 0 Å². The average molecular weight is 313 g/mol. The molecule has 118 valence electrons. The first kappa shape index (κ1) is 13.8. The van der Waals surface area contributed by atoms with Gasteiger partial charge in [-0.15, -0.1) is 0 Å². The van der Waals surface area contributed by atoms with E-state index in [9.17, 15) is 14.4 Å². The number of aromatic nitrogens is 1. The fourth-order valence-corrected chi connectivity index (χ4v) is 3.52. The molecule has 0 spiro atoms. The molecule has 3 heterocycles. The third kappa shape index (κ3) is 2.08. The van der Waals surface area contributed by atoms with E-state index in [1.54, 1.807) is 0 Å². The Balaban J connectivity index is 1.72. The number of carbonyl (C=O) groups excluding carboxylic acids is 2. The first-order valence-electron chi connectivity index (χ1n) is 7.45. The summed E-state index contributed by atoms with van der Waals surface area (Å²) < 4.78 is 0. The van der Waals surface area contributed by atoms with Crippen LogP contribution in [0.1, 0.15) is 17.7 Å². The van der Waals surface area contributed by atoms with Crippen LogP contribution in [0, 0.1) is 0 Å². The molecule has 2 aliphatic rings. The molecule has 7 nitrogen and oxygen atoms in total. The highest BCUT2D eigenvalue weighted by Gasteiger charge is 2.44. The minimum Gasteiger partial charge on any atom is -0.481 e. The van der Waals surface area contributed by atoms with Crippen molar-refractivity contribution in [2.75, 3.05) is 0 Å². The van der Waals surface area contributed by atoms with E-state index in [0.717, 1.165) is 22.2 Å². The summed E-state index contributed by atoms with van der Waals surface area (Å²) in [5.74, 6) is -1.72. The number of benzene rings is 1. The van der Waals surface area contributed by atoms with E-state index in [4.69, 9.17) is 5.11 Å². The smallest absolute Gasteiger partial charge is 0.305 e. The number of H-pyrrole nitrogens is 1. The number of amides is 2. The van der Waals surface area contributed by atoms with Gasteiger partial charge in [-0.1, -0.05) is 18.2 Å². The molecule has 0 saturated carbocycles. The zero-order chi connectivity index (χ0) is 16.1. The fraction of sp³-hybridized carbons (Fsp3) is 0.312. The van der Waals surface area contributed by atoms with E-state index in [-0.39, 0.29) is 11.8 Å². The molecule has 0 unspecified atom stereocenters. The number of aliphatic carboxylic acids is 1.